The van der Waals surface area contributed by atoms with E-state index < -0.39 is 9.84 Å². The number of anilines is 1. The number of benzene rings is 2. The summed E-state index contributed by atoms with van der Waals surface area (Å²) in [6, 6.07) is 12.0. The van der Waals surface area contributed by atoms with E-state index in [1.807, 2.05) is 19.1 Å². The maximum atomic E-state index is 12.3. The third-order valence-corrected chi connectivity index (χ3v) is 7.63. The van der Waals surface area contributed by atoms with Crippen LogP contribution < -0.4 is 5.32 Å². The van der Waals surface area contributed by atoms with Gasteiger partial charge in [0.05, 0.1) is 30.6 Å². The summed E-state index contributed by atoms with van der Waals surface area (Å²) in [6.45, 7) is 1.95. The first-order valence-corrected chi connectivity index (χ1v) is 11.5. The minimum absolute atomic E-state index is 0.127. The molecule has 0 radical (unpaired) electrons. The number of aryl methyl sites for hydroxylation is 1. The van der Waals surface area contributed by atoms with Crippen molar-refractivity contribution in [2.75, 3.05) is 11.1 Å². The van der Waals surface area contributed by atoms with Gasteiger partial charge in [-0.1, -0.05) is 29.5 Å². The van der Waals surface area contributed by atoms with Gasteiger partial charge in [0.2, 0.25) is 5.91 Å². The molecule has 1 N–H and O–H groups in total. The molecule has 0 spiro atoms. The molecule has 0 aliphatic heterocycles. The second-order valence-corrected chi connectivity index (χ2v) is 10.3. The lowest BCUT2D eigenvalue weighted by molar-refractivity contribution is -0.115. The molecule has 4 aromatic rings. The number of amides is 1. The Bertz CT molecular complexity index is 1240. The molecule has 0 fully saturated rings. The quantitative estimate of drug-likeness (QED) is 0.530. The molecule has 0 saturated carbocycles. The van der Waals surface area contributed by atoms with E-state index in [0.29, 0.717) is 5.13 Å². The number of nitrogens with one attached hydrogen (secondary N) is 1. The molecule has 4 rings (SSSR count). The summed E-state index contributed by atoms with van der Waals surface area (Å²) in [5.74, 6) is -0.622. The minimum atomic E-state index is -3.48. The highest BCUT2D eigenvalue weighted by Crippen LogP contribution is 2.34. The molecule has 0 aliphatic carbocycles. The summed E-state index contributed by atoms with van der Waals surface area (Å²) in [4.78, 5) is 21.4. The molecular formula is C18H15N3O3S3. The first kappa shape index (κ1) is 18.0. The van der Waals surface area contributed by atoms with Crippen LogP contribution in [0, 0.1) is 6.92 Å². The molecule has 1 amide bonds. The summed E-state index contributed by atoms with van der Waals surface area (Å²) in [5.41, 5.74) is 1.66. The number of thiazole rings is 2. The molecule has 2 aromatic carbocycles. The van der Waals surface area contributed by atoms with Crippen molar-refractivity contribution in [2.45, 2.75) is 18.2 Å². The lowest BCUT2D eigenvalue weighted by Crippen LogP contribution is -2.17. The second-order valence-electron chi connectivity index (χ2n) is 5.94. The number of carbonyl (C=O) groups is 1. The molecule has 0 unspecified atom stereocenters. The zero-order valence-electron chi connectivity index (χ0n) is 14.3. The monoisotopic (exact) mass is 417 g/mol. The molecule has 138 valence electrons. The fraction of sp³-hybridized carbons (Fsp3) is 0.167. The normalized spacial score (nSPS) is 11.9. The van der Waals surface area contributed by atoms with E-state index in [1.165, 1.54) is 23.5 Å². The maximum Gasteiger partial charge on any atom is 0.227 e. The van der Waals surface area contributed by atoms with Crippen LogP contribution in [-0.4, -0.2) is 30.0 Å². The van der Waals surface area contributed by atoms with Crippen LogP contribution in [0.25, 0.3) is 20.4 Å². The average molecular weight is 418 g/mol. The summed E-state index contributed by atoms with van der Waals surface area (Å²) < 4.78 is 26.6. The van der Waals surface area contributed by atoms with E-state index in [2.05, 4.69) is 15.3 Å². The fourth-order valence-electron chi connectivity index (χ4n) is 2.70. The summed E-state index contributed by atoms with van der Waals surface area (Å²) in [7, 11) is -3.48. The van der Waals surface area contributed by atoms with Crippen LogP contribution in [0.3, 0.4) is 0 Å². The molecule has 0 aliphatic rings. The Morgan fingerprint density at radius 3 is 2.63 bits per heavy atom. The minimum Gasteiger partial charge on any atom is -0.302 e. The molecular weight excluding hydrogens is 402 g/mol. The van der Waals surface area contributed by atoms with Crippen molar-refractivity contribution >= 4 is 64.0 Å². The highest BCUT2D eigenvalue weighted by Gasteiger charge is 2.17. The molecule has 2 heterocycles. The molecule has 0 atom stereocenters. The highest BCUT2D eigenvalue weighted by atomic mass is 32.2. The number of rotatable bonds is 5. The molecule has 6 nitrogen and oxygen atoms in total. The van der Waals surface area contributed by atoms with Crippen LogP contribution in [0.5, 0.6) is 0 Å². The largest absolute Gasteiger partial charge is 0.302 e. The molecule has 27 heavy (non-hydrogen) atoms. The van der Waals surface area contributed by atoms with E-state index in [-0.39, 0.29) is 23.0 Å². The van der Waals surface area contributed by atoms with Crippen LogP contribution in [-0.2, 0) is 14.6 Å². The predicted molar refractivity (Wildman–Crippen MR) is 109 cm³/mol. The third-order valence-electron chi connectivity index (χ3n) is 3.97. The van der Waals surface area contributed by atoms with Crippen LogP contribution in [0.2, 0.25) is 0 Å². The van der Waals surface area contributed by atoms with E-state index in [1.54, 1.807) is 29.5 Å². The number of nitrogens with zero attached hydrogens (tertiary/aromatic N) is 2. The van der Waals surface area contributed by atoms with Gasteiger partial charge in [-0.05, 0) is 31.2 Å². The van der Waals surface area contributed by atoms with E-state index in [9.17, 15) is 13.2 Å². The zero-order chi connectivity index (χ0) is 19.0. The summed E-state index contributed by atoms with van der Waals surface area (Å²) >= 11 is 2.96. The maximum absolute atomic E-state index is 12.3. The molecule has 2 aromatic heterocycles. The SMILES string of the molecule is Cc1nc2c(ccc3nc(NC(=O)CCS(=O)(=O)c4ccccc4)sc32)s1. The van der Waals surface area contributed by atoms with Crippen LogP contribution in [0.4, 0.5) is 5.13 Å². The first-order chi connectivity index (χ1) is 12.9. The van der Waals surface area contributed by atoms with E-state index in [4.69, 9.17) is 0 Å². The lowest BCUT2D eigenvalue weighted by Gasteiger charge is -2.04. The standard InChI is InChI=1S/C18H15N3O3S3/c1-11-19-16-14(25-11)8-7-13-17(16)26-18(20-13)21-15(22)9-10-27(23,24)12-5-3-2-4-6-12/h2-8H,9-10H2,1H3,(H,20,21,22). The van der Waals surface area contributed by atoms with Gasteiger partial charge >= 0.3 is 0 Å². The second kappa shape index (κ2) is 6.99. The van der Waals surface area contributed by atoms with Crippen molar-refractivity contribution in [2.24, 2.45) is 0 Å². The predicted octanol–water partition coefficient (Wildman–Crippen LogP) is 4.02. The Hall–Kier alpha value is -2.36. The van der Waals surface area contributed by atoms with Gasteiger partial charge in [-0.25, -0.2) is 18.4 Å². The summed E-state index contributed by atoms with van der Waals surface area (Å²) in [5, 5.41) is 4.13. The van der Waals surface area contributed by atoms with Crippen LogP contribution in [0.15, 0.2) is 47.4 Å². The van der Waals surface area contributed by atoms with Crippen LogP contribution in [0.1, 0.15) is 11.4 Å². The van der Waals surface area contributed by atoms with E-state index in [0.717, 1.165) is 25.4 Å². The molecule has 0 saturated heterocycles. The third kappa shape index (κ3) is 3.71. The van der Waals surface area contributed by atoms with Crippen molar-refractivity contribution in [3.05, 3.63) is 47.5 Å². The molecule has 0 bridgehead atoms. The van der Waals surface area contributed by atoms with Crippen LogP contribution >= 0.6 is 22.7 Å². The van der Waals surface area contributed by atoms with Gasteiger partial charge in [0.15, 0.2) is 15.0 Å². The highest BCUT2D eigenvalue weighted by molar-refractivity contribution is 7.91. The van der Waals surface area contributed by atoms with Gasteiger partial charge in [-0.2, -0.15) is 0 Å². The first-order valence-electron chi connectivity index (χ1n) is 8.17. The topological polar surface area (TPSA) is 89.0 Å². The Balaban J connectivity index is 1.49. The van der Waals surface area contributed by atoms with E-state index >= 15 is 0 Å². The van der Waals surface area contributed by atoms with Gasteiger partial charge in [0.1, 0.15) is 5.52 Å². The number of sulfone groups is 1. The van der Waals surface area contributed by atoms with Gasteiger partial charge < -0.3 is 5.32 Å². The van der Waals surface area contributed by atoms with Crippen molar-refractivity contribution in [1.29, 1.82) is 0 Å². The number of fused-ring (bicyclic) bond motifs is 3. The van der Waals surface area contributed by atoms with Gasteiger partial charge in [0.25, 0.3) is 0 Å². The van der Waals surface area contributed by atoms with Gasteiger partial charge in [0, 0.05) is 6.42 Å². The lowest BCUT2D eigenvalue weighted by atomic mass is 10.3. The summed E-state index contributed by atoms with van der Waals surface area (Å²) in [6.07, 6.45) is -0.127. The Labute approximate surface area is 163 Å². The van der Waals surface area contributed by atoms with Gasteiger partial charge in [-0.3, -0.25) is 4.79 Å². The Morgan fingerprint density at radius 1 is 1.07 bits per heavy atom. The Kier molecular flexibility index (Phi) is 4.67. The smallest absolute Gasteiger partial charge is 0.227 e. The molecule has 9 heteroatoms. The number of aromatic nitrogens is 2. The van der Waals surface area contributed by atoms with Gasteiger partial charge in [-0.15, -0.1) is 11.3 Å². The van der Waals surface area contributed by atoms with Crippen molar-refractivity contribution in [1.82, 2.24) is 9.97 Å². The average Bonchev–Trinajstić information content (AvgIpc) is 3.22. The number of hydrogen-bond donors (Lipinski definition) is 1. The number of carbonyl (C=O) groups excluding carboxylic acids is 1. The zero-order valence-corrected chi connectivity index (χ0v) is 16.7. The fourth-order valence-corrected chi connectivity index (χ4v) is 5.83. The van der Waals surface area contributed by atoms with Crippen molar-refractivity contribution in [3.8, 4) is 0 Å². The Morgan fingerprint density at radius 2 is 1.85 bits per heavy atom. The number of hydrogen-bond acceptors (Lipinski definition) is 7. The van der Waals surface area contributed by atoms with Crippen molar-refractivity contribution < 1.29 is 13.2 Å². The van der Waals surface area contributed by atoms with Crippen molar-refractivity contribution in [3.63, 3.8) is 0 Å².